The fourth-order valence-corrected chi connectivity index (χ4v) is 4.67. The van der Waals surface area contributed by atoms with Gasteiger partial charge in [0.2, 0.25) is 0 Å². The lowest BCUT2D eigenvalue weighted by Gasteiger charge is -2.11. The summed E-state index contributed by atoms with van der Waals surface area (Å²) in [6.45, 7) is 2.21. The van der Waals surface area contributed by atoms with Crippen molar-refractivity contribution in [3.63, 3.8) is 0 Å². The topological polar surface area (TPSA) is 4.93 Å². The molecule has 1 heteroatoms. The quantitative estimate of drug-likeness (QED) is 0.286. The molecule has 1 heterocycles. The van der Waals surface area contributed by atoms with Crippen LogP contribution in [0, 0.1) is 6.92 Å². The van der Waals surface area contributed by atoms with Crippen molar-refractivity contribution in [3.8, 4) is 16.8 Å². The minimum absolute atomic E-state index is 1.19. The summed E-state index contributed by atoms with van der Waals surface area (Å²) in [5.41, 5.74) is 7.48. The number of hydrogen-bond donors (Lipinski definition) is 0. The van der Waals surface area contributed by atoms with Gasteiger partial charge < -0.3 is 4.57 Å². The molecule has 30 heavy (non-hydrogen) atoms. The van der Waals surface area contributed by atoms with E-state index in [-0.39, 0.29) is 0 Å². The van der Waals surface area contributed by atoms with Crippen molar-refractivity contribution in [3.05, 3.63) is 115 Å². The van der Waals surface area contributed by atoms with Gasteiger partial charge in [0.25, 0.3) is 0 Å². The summed E-state index contributed by atoms with van der Waals surface area (Å²) in [5, 5.41) is 5.20. The Labute approximate surface area is 175 Å². The molecule has 0 unspecified atom stereocenters. The molecule has 142 valence electrons. The molecular weight excluding hydrogens is 362 g/mol. The van der Waals surface area contributed by atoms with E-state index in [1.807, 2.05) is 0 Å². The lowest BCUT2D eigenvalue weighted by molar-refractivity contribution is 1.18. The SMILES string of the molecule is Cc1cccc2c1c1cc3ccccc3cc1n2-c1cccc(-c2ccccc2)c1. The van der Waals surface area contributed by atoms with Crippen molar-refractivity contribution in [1.82, 2.24) is 4.57 Å². The van der Waals surface area contributed by atoms with Crippen LogP contribution in [0.15, 0.2) is 109 Å². The first-order chi connectivity index (χ1) is 14.8. The van der Waals surface area contributed by atoms with E-state index in [9.17, 15) is 0 Å². The highest BCUT2D eigenvalue weighted by molar-refractivity contribution is 6.14. The van der Waals surface area contributed by atoms with Gasteiger partial charge in [0, 0.05) is 16.5 Å². The monoisotopic (exact) mass is 383 g/mol. The fourth-order valence-electron chi connectivity index (χ4n) is 4.67. The smallest absolute Gasteiger partial charge is 0.0547 e. The first kappa shape index (κ1) is 17.1. The van der Waals surface area contributed by atoms with E-state index in [2.05, 4.69) is 121 Å². The molecule has 0 saturated carbocycles. The van der Waals surface area contributed by atoms with Gasteiger partial charge in [-0.15, -0.1) is 0 Å². The second kappa shape index (κ2) is 6.60. The van der Waals surface area contributed by atoms with Crippen LogP contribution in [0.2, 0.25) is 0 Å². The number of aryl methyl sites for hydroxylation is 1. The molecule has 6 aromatic rings. The fraction of sp³-hybridized carbons (Fsp3) is 0.0345. The zero-order valence-corrected chi connectivity index (χ0v) is 16.8. The van der Waals surface area contributed by atoms with Crippen LogP contribution >= 0.6 is 0 Å². The zero-order chi connectivity index (χ0) is 20.1. The molecule has 0 amide bonds. The summed E-state index contributed by atoms with van der Waals surface area (Å²) < 4.78 is 2.41. The Kier molecular flexibility index (Phi) is 3.75. The minimum Gasteiger partial charge on any atom is -0.309 e. The second-order valence-corrected chi connectivity index (χ2v) is 7.94. The molecule has 5 aromatic carbocycles. The molecule has 0 bridgehead atoms. The molecular formula is C29H21N. The van der Waals surface area contributed by atoms with Crippen molar-refractivity contribution in [1.29, 1.82) is 0 Å². The molecule has 0 fully saturated rings. The lowest BCUT2D eigenvalue weighted by atomic mass is 10.0. The molecule has 6 rings (SSSR count). The van der Waals surface area contributed by atoms with Crippen LogP contribution in [-0.2, 0) is 0 Å². The lowest BCUT2D eigenvalue weighted by Crippen LogP contribution is -1.94. The van der Waals surface area contributed by atoms with Gasteiger partial charge in [0.1, 0.15) is 0 Å². The van der Waals surface area contributed by atoms with Crippen LogP contribution in [0.25, 0.3) is 49.4 Å². The van der Waals surface area contributed by atoms with E-state index in [1.54, 1.807) is 0 Å². The Balaban J connectivity index is 1.72. The average Bonchev–Trinajstić information content (AvgIpc) is 3.12. The molecule has 1 aromatic heterocycles. The van der Waals surface area contributed by atoms with Gasteiger partial charge in [-0.1, -0.05) is 78.9 Å². The standard InChI is InChI=1S/C29H21N/c1-20-9-7-16-27-29(20)26-18-23-12-5-6-13-24(23)19-28(26)30(27)25-15-8-14-22(17-25)21-10-3-2-4-11-21/h2-19H,1H3. The van der Waals surface area contributed by atoms with Gasteiger partial charge in [-0.3, -0.25) is 0 Å². The summed E-state index contributed by atoms with van der Waals surface area (Å²) in [7, 11) is 0. The van der Waals surface area contributed by atoms with Crippen molar-refractivity contribution in [2.45, 2.75) is 6.92 Å². The Morgan fingerprint density at radius 3 is 2.07 bits per heavy atom. The third-order valence-corrected chi connectivity index (χ3v) is 6.08. The maximum absolute atomic E-state index is 2.41. The molecule has 0 spiro atoms. The Morgan fingerprint density at radius 2 is 1.23 bits per heavy atom. The van der Waals surface area contributed by atoms with Crippen LogP contribution < -0.4 is 0 Å². The number of nitrogens with zero attached hydrogens (tertiary/aromatic N) is 1. The molecule has 0 aliphatic rings. The molecule has 0 saturated heterocycles. The molecule has 0 radical (unpaired) electrons. The number of aromatic nitrogens is 1. The van der Waals surface area contributed by atoms with E-state index in [0.29, 0.717) is 0 Å². The van der Waals surface area contributed by atoms with Crippen molar-refractivity contribution < 1.29 is 0 Å². The highest BCUT2D eigenvalue weighted by Gasteiger charge is 2.15. The van der Waals surface area contributed by atoms with Crippen LogP contribution in [0.1, 0.15) is 5.56 Å². The minimum atomic E-state index is 1.19. The number of hydrogen-bond acceptors (Lipinski definition) is 0. The van der Waals surface area contributed by atoms with Gasteiger partial charge in [0.05, 0.1) is 11.0 Å². The third-order valence-electron chi connectivity index (χ3n) is 6.08. The molecule has 0 atom stereocenters. The molecule has 1 nitrogen and oxygen atoms in total. The van der Waals surface area contributed by atoms with Crippen LogP contribution in [-0.4, -0.2) is 4.57 Å². The van der Waals surface area contributed by atoms with Gasteiger partial charge in [-0.05, 0) is 64.7 Å². The zero-order valence-electron chi connectivity index (χ0n) is 16.8. The maximum Gasteiger partial charge on any atom is 0.0547 e. The first-order valence-corrected chi connectivity index (χ1v) is 10.4. The Morgan fingerprint density at radius 1 is 0.533 bits per heavy atom. The first-order valence-electron chi connectivity index (χ1n) is 10.4. The number of benzene rings is 5. The summed E-state index contributed by atoms with van der Waals surface area (Å²) in [6.07, 6.45) is 0. The largest absolute Gasteiger partial charge is 0.309 e. The average molecular weight is 383 g/mol. The predicted molar refractivity (Wildman–Crippen MR) is 128 cm³/mol. The molecule has 0 N–H and O–H groups in total. The Bertz CT molecular complexity index is 1540. The highest BCUT2D eigenvalue weighted by Crippen LogP contribution is 2.37. The number of fused-ring (bicyclic) bond motifs is 4. The van der Waals surface area contributed by atoms with E-state index in [0.717, 1.165) is 0 Å². The van der Waals surface area contributed by atoms with Crippen LogP contribution in [0.5, 0.6) is 0 Å². The maximum atomic E-state index is 2.41. The van der Waals surface area contributed by atoms with Crippen LogP contribution in [0.4, 0.5) is 0 Å². The molecule has 0 aliphatic carbocycles. The predicted octanol–water partition coefficient (Wildman–Crippen LogP) is 7.91. The second-order valence-electron chi connectivity index (χ2n) is 7.94. The van der Waals surface area contributed by atoms with Crippen molar-refractivity contribution in [2.75, 3.05) is 0 Å². The van der Waals surface area contributed by atoms with Crippen molar-refractivity contribution in [2.24, 2.45) is 0 Å². The summed E-state index contributed by atoms with van der Waals surface area (Å²) in [5.74, 6) is 0. The van der Waals surface area contributed by atoms with E-state index < -0.39 is 0 Å². The molecule has 0 aliphatic heterocycles. The third kappa shape index (κ3) is 2.56. The summed E-state index contributed by atoms with van der Waals surface area (Å²) in [4.78, 5) is 0. The van der Waals surface area contributed by atoms with E-state index in [1.165, 1.54) is 55.0 Å². The Hall–Kier alpha value is -3.84. The normalized spacial score (nSPS) is 11.5. The van der Waals surface area contributed by atoms with E-state index in [4.69, 9.17) is 0 Å². The summed E-state index contributed by atoms with van der Waals surface area (Å²) >= 11 is 0. The number of rotatable bonds is 2. The van der Waals surface area contributed by atoms with Gasteiger partial charge in [-0.25, -0.2) is 0 Å². The van der Waals surface area contributed by atoms with E-state index >= 15 is 0 Å². The van der Waals surface area contributed by atoms with Gasteiger partial charge in [0.15, 0.2) is 0 Å². The van der Waals surface area contributed by atoms with Gasteiger partial charge in [-0.2, -0.15) is 0 Å². The van der Waals surface area contributed by atoms with Crippen molar-refractivity contribution >= 4 is 32.6 Å². The highest BCUT2D eigenvalue weighted by atomic mass is 15.0. The van der Waals surface area contributed by atoms with Gasteiger partial charge >= 0.3 is 0 Å². The summed E-state index contributed by atoms with van der Waals surface area (Å²) in [6, 6.07) is 39.4. The van der Waals surface area contributed by atoms with Crippen LogP contribution in [0.3, 0.4) is 0 Å².